The van der Waals surface area contributed by atoms with Crippen LogP contribution in [0.25, 0.3) is 0 Å². The maximum Gasteiger partial charge on any atom is 0.332 e. The van der Waals surface area contributed by atoms with E-state index in [1.807, 2.05) is 31.2 Å². The molecule has 0 aliphatic carbocycles. The number of carboxylic acid groups (broad SMARTS) is 1. The number of hydrogen-bond donors (Lipinski definition) is 2. The van der Waals surface area contributed by atoms with Crippen molar-refractivity contribution in [2.24, 2.45) is 0 Å². The van der Waals surface area contributed by atoms with E-state index in [1.54, 1.807) is 0 Å². The monoisotopic (exact) mass is 307 g/mol. The number of amides is 1. The summed E-state index contributed by atoms with van der Waals surface area (Å²) in [7, 11) is 0. The van der Waals surface area contributed by atoms with Gasteiger partial charge in [-0.15, -0.1) is 0 Å². The van der Waals surface area contributed by atoms with Crippen molar-refractivity contribution < 1.29 is 24.2 Å². The Labute approximate surface area is 129 Å². The van der Waals surface area contributed by atoms with Crippen LogP contribution >= 0.6 is 0 Å². The predicted octanol–water partition coefficient (Wildman–Crippen LogP) is 1.47. The fourth-order valence-electron chi connectivity index (χ4n) is 2.29. The van der Waals surface area contributed by atoms with Crippen molar-refractivity contribution in [2.45, 2.75) is 45.1 Å². The highest BCUT2D eigenvalue weighted by Crippen LogP contribution is 2.20. The lowest BCUT2D eigenvalue weighted by Gasteiger charge is -2.12. The van der Waals surface area contributed by atoms with Crippen LogP contribution in [-0.2, 0) is 32.2 Å². The number of carboxylic acids is 1. The second-order valence-electron chi connectivity index (χ2n) is 5.20. The van der Waals surface area contributed by atoms with Crippen LogP contribution in [0.4, 0.5) is 0 Å². The molecular weight excluding hydrogens is 286 g/mol. The topological polar surface area (TPSA) is 84.9 Å². The van der Waals surface area contributed by atoms with E-state index in [1.165, 1.54) is 0 Å². The van der Waals surface area contributed by atoms with Gasteiger partial charge < -0.3 is 19.9 Å². The second-order valence-corrected chi connectivity index (χ2v) is 5.20. The summed E-state index contributed by atoms with van der Waals surface area (Å²) in [5.74, 6) is -1.28. The van der Waals surface area contributed by atoms with Crippen molar-refractivity contribution in [2.75, 3.05) is 6.61 Å². The summed E-state index contributed by atoms with van der Waals surface area (Å²) in [6.07, 6.45) is -0.720. The van der Waals surface area contributed by atoms with Crippen LogP contribution in [0.3, 0.4) is 0 Å². The molecule has 1 aromatic rings. The van der Waals surface area contributed by atoms with Crippen molar-refractivity contribution in [3.8, 4) is 0 Å². The highest BCUT2D eigenvalue weighted by molar-refractivity contribution is 5.82. The van der Waals surface area contributed by atoms with Crippen molar-refractivity contribution in [3.63, 3.8) is 0 Å². The molecule has 1 aromatic carbocycles. The second kappa shape index (κ2) is 7.91. The Morgan fingerprint density at radius 3 is 2.45 bits per heavy atom. The number of rotatable bonds is 7. The maximum absolute atomic E-state index is 11.9. The molecule has 0 unspecified atom stereocenters. The normalized spacial score (nSPS) is 20.8. The van der Waals surface area contributed by atoms with Gasteiger partial charge in [-0.3, -0.25) is 4.79 Å². The van der Waals surface area contributed by atoms with Gasteiger partial charge in [0.2, 0.25) is 5.91 Å². The van der Waals surface area contributed by atoms with E-state index in [9.17, 15) is 9.59 Å². The van der Waals surface area contributed by atoms with Gasteiger partial charge in [-0.05, 0) is 30.9 Å². The third-order valence-electron chi connectivity index (χ3n) is 3.55. The number of ether oxygens (including phenoxy) is 2. The van der Waals surface area contributed by atoms with Gasteiger partial charge in [0.15, 0.2) is 6.10 Å². The predicted molar refractivity (Wildman–Crippen MR) is 79.1 cm³/mol. The number of hydrogen-bond acceptors (Lipinski definition) is 4. The van der Waals surface area contributed by atoms with Gasteiger partial charge in [-0.1, -0.05) is 24.3 Å². The van der Waals surface area contributed by atoms with Crippen molar-refractivity contribution >= 4 is 11.9 Å². The van der Waals surface area contributed by atoms with Gasteiger partial charge in [0.25, 0.3) is 0 Å². The van der Waals surface area contributed by atoms with E-state index in [0.717, 1.165) is 11.1 Å². The fourth-order valence-corrected chi connectivity index (χ4v) is 2.29. The first kappa shape index (κ1) is 16.5. The first-order chi connectivity index (χ1) is 10.6. The van der Waals surface area contributed by atoms with Crippen LogP contribution in [0.15, 0.2) is 24.3 Å². The Kier molecular flexibility index (Phi) is 5.91. The highest BCUT2D eigenvalue weighted by atomic mass is 16.5. The van der Waals surface area contributed by atoms with Gasteiger partial charge in [0.1, 0.15) is 6.10 Å². The number of carbonyl (C=O) groups is 2. The summed E-state index contributed by atoms with van der Waals surface area (Å²) >= 11 is 0. The fraction of sp³-hybridized carbons (Fsp3) is 0.500. The molecule has 0 bridgehead atoms. The minimum atomic E-state index is -1.01. The summed E-state index contributed by atoms with van der Waals surface area (Å²) in [4.78, 5) is 22.7. The van der Waals surface area contributed by atoms with Crippen LogP contribution in [0, 0.1) is 0 Å². The zero-order valence-corrected chi connectivity index (χ0v) is 12.6. The first-order valence-corrected chi connectivity index (χ1v) is 7.41. The molecule has 1 heterocycles. The minimum Gasteiger partial charge on any atom is -0.479 e. The van der Waals surface area contributed by atoms with Gasteiger partial charge in [0.05, 0.1) is 6.61 Å². The smallest absolute Gasteiger partial charge is 0.332 e. The summed E-state index contributed by atoms with van der Waals surface area (Å²) in [5, 5.41) is 11.6. The van der Waals surface area contributed by atoms with E-state index >= 15 is 0 Å². The molecule has 6 heteroatoms. The van der Waals surface area contributed by atoms with E-state index in [4.69, 9.17) is 14.6 Å². The number of nitrogens with one attached hydrogen (secondary N) is 1. The van der Waals surface area contributed by atoms with Gasteiger partial charge in [0, 0.05) is 13.2 Å². The Balaban J connectivity index is 1.78. The zero-order chi connectivity index (χ0) is 15.9. The first-order valence-electron chi connectivity index (χ1n) is 7.41. The molecule has 2 rings (SSSR count). The zero-order valence-electron chi connectivity index (χ0n) is 12.6. The van der Waals surface area contributed by atoms with Crippen LogP contribution < -0.4 is 5.32 Å². The molecule has 2 atom stereocenters. The van der Waals surface area contributed by atoms with Gasteiger partial charge in [-0.25, -0.2) is 4.79 Å². The molecule has 1 aliphatic heterocycles. The van der Waals surface area contributed by atoms with E-state index < -0.39 is 18.2 Å². The van der Waals surface area contributed by atoms with Crippen LogP contribution in [0.1, 0.15) is 30.9 Å². The lowest BCUT2D eigenvalue weighted by molar-refractivity contribution is -0.151. The molecule has 1 amide bonds. The largest absolute Gasteiger partial charge is 0.479 e. The standard InChI is InChI=1S/C16H21NO5/c1-2-21-10-12-5-3-11(4-6-12)9-17-15(18)13-7-8-14(22-13)16(19)20/h3-6,13-14H,2,7-10H2,1H3,(H,17,18)(H,19,20)/t13-,14+/m0/s1. The minimum absolute atomic E-state index is 0.262. The maximum atomic E-state index is 11.9. The summed E-state index contributed by atoms with van der Waals surface area (Å²) in [5.41, 5.74) is 2.06. The molecule has 0 radical (unpaired) electrons. The number of carbonyl (C=O) groups excluding carboxylic acids is 1. The van der Waals surface area contributed by atoms with Gasteiger partial charge >= 0.3 is 5.97 Å². The highest BCUT2D eigenvalue weighted by Gasteiger charge is 2.34. The summed E-state index contributed by atoms with van der Waals surface area (Å²) < 4.78 is 10.5. The molecule has 1 fully saturated rings. The molecule has 0 aromatic heterocycles. The van der Waals surface area contributed by atoms with Crippen LogP contribution in [0.5, 0.6) is 0 Å². The van der Waals surface area contributed by atoms with Gasteiger partial charge in [-0.2, -0.15) is 0 Å². The van der Waals surface area contributed by atoms with Crippen LogP contribution in [-0.4, -0.2) is 35.8 Å². The Bertz CT molecular complexity index is 514. The SMILES string of the molecule is CCOCc1ccc(CNC(=O)[C@@H]2CC[C@H](C(=O)O)O2)cc1. The molecule has 1 saturated heterocycles. The van der Waals surface area contributed by atoms with E-state index in [0.29, 0.717) is 32.6 Å². The van der Waals surface area contributed by atoms with E-state index in [2.05, 4.69) is 5.32 Å². The molecule has 6 nitrogen and oxygen atoms in total. The van der Waals surface area contributed by atoms with E-state index in [-0.39, 0.29) is 5.91 Å². The van der Waals surface area contributed by atoms with Crippen molar-refractivity contribution in [1.29, 1.82) is 0 Å². The average molecular weight is 307 g/mol. The Morgan fingerprint density at radius 1 is 1.23 bits per heavy atom. The lowest BCUT2D eigenvalue weighted by atomic mass is 10.1. The Morgan fingerprint density at radius 2 is 1.86 bits per heavy atom. The molecule has 22 heavy (non-hydrogen) atoms. The number of benzene rings is 1. The van der Waals surface area contributed by atoms with Crippen LogP contribution in [0.2, 0.25) is 0 Å². The van der Waals surface area contributed by atoms with Crippen molar-refractivity contribution in [1.82, 2.24) is 5.32 Å². The molecule has 2 N–H and O–H groups in total. The third kappa shape index (κ3) is 4.54. The third-order valence-corrected chi connectivity index (χ3v) is 3.55. The molecule has 0 spiro atoms. The number of aliphatic carboxylic acids is 1. The summed E-state index contributed by atoms with van der Waals surface area (Å²) in [6, 6.07) is 7.79. The molecule has 0 saturated carbocycles. The van der Waals surface area contributed by atoms with Crippen molar-refractivity contribution in [3.05, 3.63) is 35.4 Å². The summed E-state index contributed by atoms with van der Waals surface area (Å²) in [6.45, 7) is 3.60. The molecule has 120 valence electrons. The lowest BCUT2D eigenvalue weighted by Crippen LogP contribution is -2.35. The quantitative estimate of drug-likeness (QED) is 0.797. The average Bonchev–Trinajstić information content (AvgIpc) is 3.02. The Hall–Kier alpha value is -1.92. The molecule has 1 aliphatic rings. The molecular formula is C16H21NO5.